The summed E-state index contributed by atoms with van der Waals surface area (Å²) >= 11 is 18.9. The molecule has 176 valence electrons. The van der Waals surface area contributed by atoms with Crippen molar-refractivity contribution in [2.45, 2.75) is 58.9 Å². The highest BCUT2D eigenvalue weighted by molar-refractivity contribution is 7.71. The number of ether oxygens (including phenoxy) is 1. The number of nitrogens with zero attached hydrogens (tertiary/aromatic N) is 4. The zero-order valence-electron chi connectivity index (χ0n) is 19.7. The zero-order valence-corrected chi connectivity index (χ0v) is 22.0. The van der Waals surface area contributed by atoms with Gasteiger partial charge < -0.3 is 4.74 Å². The summed E-state index contributed by atoms with van der Waals surface area (Å²) < 4.78 is 10.2. The molecule has 33 heavy (non-hydrogen) atoms. The molecule has 0 saturated carbocycles. The van der Waals surface area contributed by atoms with Crippen molar-refractivity contribution in [2.24, 2.45) is 0 Å². The standard InChI is InChI=1S/C25H30Cl2N4OS/c1-16-13-29(14-17(2)32-16)15-30-24(33)31(21-8-6-7-20(26)22(21)27)23(28-30)18-9-11-19(12-10-18)25(3,4)5/h6-12,16-17H,13-15H2,1-5H3. The first kappa shape index (κ1) is 24.4. The maximum absolute atomic E-state index is 6.62. The molecular formula is C25H30Cl2N4OS. The summed E-state index contributed by atoms with van der Waals surface area (Å²) in [5.74, 6) is 0.735. The second-order valence-electron chi connectivity index (χ2n) is 9.78. The Morgan fingerprint density at radius 1 is 1.03 bits per heavy atom. The van der Waals surface area contributed by atoms with Crippen molar-refractivity contribution in [2.75, 3.05) is 13.1 Å². The number of hydrogen-bond acceptors (Lipinski definition) is 4. The molecule has 1 aromatic heterocycles. The Balaban J connectivity index is 1.82. The molecule has 0 amide bonds. The van der Waals surface area contributed by atoms with Crippen molar-refractivity contribution in [3.05, 3.63) is 62.8 Å². The van der Waals surface area contributed by atoms with E-state index < -0.39 is 0 Å². The number of halogens is 2. The number of morpholine rings is 1. The molecule has 0 radical (unpaired) electrons. The summed E-state index contributed by atoms with van der Waals surface area (Å²) in [6.45, 7) is 13.0. The predicted octanol–water partition coefficient (Wildman–Crippen LogP) is 6.74. The Morgan fingerprint density at radius 3 is 2.27 bits per heavy atom. The first-order valence-corrected chi connectivity index (χ1v) is 12.3. The average Bonchev–Trinajstić information content (AvgIpc) is 3.05. The van der Waals surface area contributed by atoms with Crippen molar-refractivity contribution < 1.29 is 4.74 Å². The van der Waals surface area contributed by atoms with Gasteiger partial charge in [0.05, 0.1) is 34.6 Å². The lowest BCUT2D eigenvalue weighted by molar-refractivity contribution is -0.0777. The van der Waals surface area contributed by atoms with Gasteiger partial charge in [0.2, 0.25) is 4.77 Å². The maximum atomic E-state index is 6.62. The highest BCUT2D eigenvalue weighted by atomic mass is 35.5. The quantitative estimate of drug-likeness (QED) is 0.368. The van der Waals surface area contributed by atoms with Crippen LogP contribution in [0.1, 0.15) is 40.2 Å². The number of benzene rings is 2. The summed E-state index contributed by atoms with van der Waals surface area (Å²) in [5, 5.41) is 5.89. The molecule has 3 aromatic rings. The summed E-state index contributed by atoms with van der Waals surface area (Å²) in [4.78, 5) is 2.32. The van der Waals surface area contributed by atoms with Crippen LogP contribution < -0.4 is 0 Å². The van der Waals surface area contributed by atoms with Gasteiger partial charge in [-0.2, -0.15) is 0 Å². The van der Waals surface area contributed by atoms with Gasteiger partial charge in [-0.3, -0.25) is 9.47 Å². The van der Waals surface area contributed by atoms with E-state index in [1.807, 2.05) is 21.4 Å². The lowest BCUT2D eigenvalue weighted by Crippen LogP contribution is -2.46. The number of aromatic nitrogens is 3. The van der Waals surface area contributed by atoms with E-state index in [9.17, 15) is 0 Å². The largest absolute Gasteiger partial charge is 0.373 e. The number of hydrogen-bond donors (Lipinski definition) is 0. The summed E-state index contributed by atoms with van der Waals surface area (Å²) in [6, 6.07) is 14.0. The van der Waals surface area contributed by atoms with Gasteiger partial charge in [-0.1, -0.05) is 74.3 Å². The smallest absolute Gasteiger partial charge is 0.204 e. The lowest BCUT2D eigenvalue weighted by atomic mass is 9.87. The summed E-state index contributed by atoms with van der Waals surface area (Å²) in [7, 11) is 0. The third kappa shape index (κ3) is 5.20. The van der Waals surface area contributed by atoms with Crippen LogP contribution in [0.4, 0.5) is 0 Å². The fourth-order valence-electron chi connectivity index (χ4n) is 4.28. The van der Waals surface area contributed by atoms with E-state index in [-0.39, 0.29) is 17.6 Å². The second kappa shape index (κ2) is 9.51. The van der Waals surface area contributed by atoms with Gasteiger partial charge >= 0.3 is 0 Å². The fraction of sp³-hybridized carbons (Fsp3) is 0.440. The van der Waals surface area contributed by atoms with Crippen molar-refractivity contribution >= 4 is 35.4 Å². The van der Waals surface area contributed by atoms with Gasteiger partial charge in [-0.05, 0) is 49.2 Å². The molecule has 1 saturated heterocycles. The first-order valence-electron chi connectivity index (χ1n) is 11.2. The van der Waals surface area contributed by atoms with E-state index in [0.717, 1.165) is 30.2 Å². The molecule has 2 heterocycles. The Labute approximate surface area is 210 Å². The third-order valence-corrected chi connectivity index (χ3v) is 7.05. The molecule has 0 aliphatic carbocycles. The highest BCUT2D eigenvalue weighted by Crippen LogP contribution is 2.33. The van der Waals surface area contributed by atoms with E-state index in [0.29, 0.717) is 21.5 Å². The van der Waals surface area contributed by atoms with Crippen LogP contribution in [-0.2, 0) is 16.8 Å². The van der Waals surface area contributed by atoms with Crippen LogP contribution in [-0.4, -0.2) is 44.5 Å². The van der Waals surface area contributed by atoms with Gasteiger partial charge in [0, 0.05) is 18.7 Å². The van der Waals surface area contributed by atoms with Crippen molar-refractivity contribution in [1.29, 1.82) is 0 Å². The van der Waals surface area contributed by atoms with E-state index in [4.69, 9.17) is 45.3 Å². The van der Waals surface area contributed by atoms with Crippen molar-refractivity contribution in [3.63, 3.8) is 0 Å². The van der Waals surface area contributed by atoms with Crippen LogP contribution >= 0.6 is 35.4 Å². The van der Waals surface area contributed by atoms with Crippen LogP contribution in [0.5, 0.6) is 0 Å². The molecule has 4 rings (SSSR count). The minimum atomic E-state index is 0.0665. The molecule has 2 aromatic carbocycles. The van der Waals surface area contributed by atoms with Crippen LogP contribution in [0.3, 0.4) is 0 Å². The Hall–Kier alpha value is -1.70. The normalized spacial score (nSPS) is 19.7. The van der Waals surface area contributed by atoms with Crippen LogP contribution in [0.15, 0.2) is 42.5 Å². The van der Waals surface area contributed by atoms with Gasteiger partial charge in [0.15, 0.2) is 5.82 Å². The first-order chi connectivity index (χ1) is 15.5. The molecule has 1 fully saturated rings. The molecule has 0 spiro atoms. The molecule has 5 nitrogen and oxygen atoms in total. The number of rotatable bonds is 4. The fourth-order valence-corrected chi connectivity index (χ4v) is 4.94. The molecule has 0 N–H and O–H groups in total. The maximum Gasteiger partial charge on any atom is 0.204 e. The summed E-state index contributed by atoms with van der Waals surface area (Å²) in [5.41, 5.74) is 3.01. The Morgan fingerprint density at radius 2 is 1.67 bits per heavy atom. The molecular weight excluding hydrogens is 475 g/mol. The molecule has 1 aliphatic heterocycles. The topological polar surface area (TPSA) is 35.2 Å². The van der Waals surface area contributed by atoms with Crippen LogP contribution in [0, 0.1) is 4.77 Å². The van der Waals surface area contributed by atoms with Gasteiger partial charge in [-0.15, -0.1) is 5.10 Å². The lowest BCUT2D eigenvalue weighted by Gasteiger charge is -2.34. The van der Waals surface area contributed by atoms with Gasteiger partial charge in [0.1, 0.15) is 0 Å². The second-order valence-corrected chi connectivity index (χ2v) is 10.9. The average molecular weight is 506 g/mol. The Kier molecular flexibility index (Phi) is 7.04. The molecule has 2 atom stereocenters. The van der Waals surface area contributed by atoms with Crippen LogP contribution in [0.25, 0.3) is 17.1 Å². The van der Waals surface area contributed by atoms with Crippen LogP contribution in [0.2, 0.25) is 10.0 Å². The van der Waals surface area contributed by atoms with E-state index in [2.05, 4.69) is 63.8 Å². The monoisotopic (exact) mass is 504 g/mol. The minimum Gasteiger partial charge on any atom is -0.373 e. The van der Waals surface area contributed by atoms with E-state index in [1.165, 1.54) is 5.56 Å². The predicted molar refractivity (Wildman–Crippen MR) is 138 cm³/mol. The third-order valence-electron chi connectivity index (χ3n) is 5.85. The highest BCUT2D eigenvalue weighted by Gasteiger charge is 2.25. The molecule has 8 heteroatoms. The van der Waals surface area contributed by atoms with E-state index in [1.54, 1.807) is 6.07 Å². The zero-order chi connectivity index (χ0) is 23.9. The molecule has 2 unspecified atom stereocenters. The Bertz CT molecular complexity index is 1190. The minimum absolute atomic E-state index is 0.0665. The SMILES string of the molecule is CC1CN(Cn2nc(-c3ccc(C(C)(C)C)cc3)n(-c3cccc(Cl)c3Cl)c2=S)CC(C)O1. The van der Waals surface area contributed by atoms with Crippen molar-refractivity contribution in [3.8, 4) is 17.1 Å². The van der Waals surface area contributed by atoms with Gasteiger partial charge in [-0.25, -0.2) is 4.68 Å². The van der Waals surface area contributed by atoms with Gasteiger partial charge in [0.25, 0.3) is 0 Å². The summed E-state index contributed by atoms with van der Waals surface area (Å²) in [6.07, 6.45) is 0.327. The van der Waals surface area contributed by atoms with Crippen molar-refractivity contribution in [1.82, 2.24) is 19.2 Å². The molecule has 1 aliphatic rings. The molecule has 0 bridgehead atoms. The van der Waals surface area contributed by atoms with E-state index >= 15 is 0 Å².